The van der Waals surface area contributed by atoms with Gasteiger partial charge in [-0.3, -0.25) is 0 Å². The summed E-state index contributed by atoms with van der Waals surface area (Å²) in [4.78, 5) is 2.29. The van der Waals surface area contributed by atoms with Crippen molar-refractivity contribution in [3.8, 4) is 0 Å². The molecule has 0 unspecified atom stereocenters. The van der Waals surface area contributed by atoms with Crippen molar-refractivity contribution in [3.63, 3.8) is 0 Å². The summed E-state index contributed by atoms with van der Waals surface area (Å²) in [6.07, 6.45) is 1.23. The van der Waals surface area contributed by atoms with E-state index < -0.39 is 9.84 Å². The molecule has 0 aliphatic carbocycles. The van der Waals surface area contributed by atoms with Crippen LogP contribution in [0.2, 0.25) is 0 Å². The van der Waals surface area contributed by atoms with Crippen LogP contribution in [0.15, 0.2) is 53.4 Å². The molecule has 0 bridgehead atoms. The highest BCUT2D eigenvalue weighted by Gasteiger charge is 2.15. The van der Waals surface area contributed by atoms with Crippen LogP contribution in [0.5, 0.6) is 0 Å². The van der Waals surface area contributed by atoms with E-state index >= 15 is 0 Å². The van der Waals surface area contributed by atoms with Gasteiger partial charge in [0.25, 0.3) is 0 Å². The molecule has 0 aliphatic rings. The average Bonchev–Trinajstić information content (AvgIpc) is 2.46. The Labute approximate surface area is 126 Å². The highest BCUT2D eigenvalue weighted by atomic mass is 32.2. The molecule has 0 aromatic heterocycles. The van der Waals surface area contributed by atoms with Crippen molar-refractivity contribution in [1.29, 1.82) is 0 Å². The maximum Gasteiger partial charge on any atom is 0.177 e. The van der Waals surface area contributed by atoms with Crippen LogP contribution >= 0.6 is 0 Å². The Morgan fingerprint density at radius 1 is 1.05 bits per heavy atom. The molecule has 0 heterocycles. The summed E-state index contributed by atoms with van der Waals surface area (Å²) in [5, 5.41) is 0. The first-order chi connectivity index (χ1) is 9.91. The predicted molar refractivity (Wildman–Crippen MR) is 86.0 cm³/mol. The van der Waals surface area contributed by atoms with Crippen molar-refractivity contribution in [3.05, 3.63) is 59.7 Å². The Kier molecular flexibility index (Phi) is 4.65. The minimum absolute atomic E-state index is 0.350. The Morgan fingerprint density at radius 3 is 2.38 bits per heavy atom. The van der Waals surface area contributed by atoms with Crippen molar-refractivity contribution in [2.45, 2.75) is 18.0 Å². The maximum absolute atomic E-state index is 11.9. The van der Waals surface area contributed by atoms with Crippen molar-refractivity contribution in [2.24, 2.45) is 5.73 Å². The SMILES string of the molecule is CN(Cc1cccc(CN)c1)c1ccccc1S(C)(=O)=O. The second-order valence-electron chi connectivity index (χ2n) is 5.12. The molecule has 0 radical (unpaired) electrons. The van der Waals surface area contributed by atoms with E-state index in [1.807, 2.05) is 48.3 Å². The second kappa shape index (κ2) is 6.28. The zero-order valence-corrected chi connectivity index (χ0v) is 13.1. The van der Waals surface area contributed by atoms with Crippen molar-refractivity contribution in [1.82, 2.24) is 0 Å². The fraction of sp³-hybridized carbons (Fsp3) is 0.250. The third-order valence-electron chi connectivity index (χ3n) is 3.32. The van der Waals surface area contributed by atoms with Crippen LogP contribution in [0.3, 0.4) is 0 Å². The number of hydrogen-bond donors (Lipinski definition) is 1. The third-order valence-corrected chi connectivity index (χ3v) is 4.47. The molecular weight excluding hydrogens is 284 g/mol. The fourth-order valence-electron chi connectivity index (χ4n) is 2.30. The molecule has 0 atom stereocenters. The molecule has 112 valence electrons. The number of sulfone groups is 1. The predicted octanol–water partition coefficient (Wildman–Crippen LogP) is 2.19. The first-order valence-corrected chi connectivity index (χ1v) is 8.59. The number of para-hydroxylation sites is 1. The van der Waals surface area contributed by atoms with Gasteiger partial charge in [-0.15, -0.1) is 0 Å². The lowest BCUT2D eigenvalue weighted by atomic mass is 10.1. The summed E-state index contributed by atoms with van der Waals surface area (Å²) < 4.78 is 23.7. The van der Waals surface area contributed by atoms with E-state index in [1.54, 1.807) is 12.1 Å². The lowest BCUT2D eigenvalue weighted by Gasteiger charge is -2.22. The quantitative estimate of drug-likeness (QED) is 0.919. The van der Waals surface area contributed by atoms with Crippen LogP contribution in [-0.2, 0) is 22.9 Å². The lowest BCUT2D eigenvalue weighted by Crippen LogP contribution is -2.19. The van der Waals surface area contributed by atoms with Gasteiger partial charge in [0, 0.05) is 26.4 Å². The Morgan fingerprint density at radius 2 is 1.71 bits per heavy atom. The Bertz CT molecular complexity index is 727. The molecule has 2 N–H and O–H groups in total. The van der Waals surface area contributed by atoms with E-state index in [4.69, 9.17) is 5.73 Å². The summed E-state index contributed by atoms with van der Waals surface area (Å²) in [7, 11) is -1.36. The molecule has 0 amide bonds. The largest absolute Gasteiger partial charge is 0.369 e. The van der Waals surface area contributed by atoms with Gasteiger partial charge in [-0.2, -0.15) is 0 Å². The number of anilines is 1. The molecule has 2 rings (SSSR count). The summed E-state index contributed by atoms with van der Waals surface area (Å²) in [6.45, 7) is 1.12. The van der Waals surface area contributed by atoms with Gasteiger partial charge in [0.05, 0.1) is 10.6 Å². The highest BCUT2D eigenvalue weighted by molar-refractivity contribution is 7.90. The van der Waals surface area contributed by atoms with Crippen LogP contribution in [0.4, 0.5) is 5.69 Å². The molecule has 4 nitrogen and oxygen atoms in total. The molecule has 2 aromatic rings. The van der Waals surface area contributed by atoms with Crippen molar-refractivity contribution in [2.75, 3.05) is 18.2 Å². The van der Waals surface area contributed by atoms with E-state index in [1.165, 1.54) is 6.26 Å². The van der Waals surface area contributed by atoms with Crippen LogP contribution in [-0.4, -0.2) is 21.7 Å². The van der Waals surface area contributed by atoms with Gasteiger partial charge in [0.2, 0.25) is 0 Å². The lowest BCUT2D eigenvalue weighted by molar-refractivity contribution is 0.601. The minimum atomic E-state index is -3.25. The number of rotatable bonds is 5. The van der Waals surface area contributed by atoms with Gasteiger partial charge >= 0.3 is 0 Å². The molecule has 21 heavy (non-hydrogen) atoms. The fourth-order valence-corrected chi connectivity index (χ4v) is 3.23. The first kappa shape index (κ1) is 15.5. The van der Waals surface area contributed by atoms with Crippen molar-refractivity contribution < 1.29 is 8.42 Å². The second-order valence-corrected chi connectivity index (χ2v) is 7.10. The zero-order chi connectivity index (χ0) is 15.5. The minimum Gasteiger partial charge on any atom is -0.369 e. The van der Waals surface area contributed by atoms with E-state index in [0.717, 1.165) is 11.1 Å². The van der Waals surface area contributed by atoms with Crippen LogP contribution in [0.25, 0.3) is 0 Å². The molecule has 5 heteroatoms. The Balaban J connectivity index is 2.30. The number of nitrogens with zero attached hydrogens (tertiary/aromatic N) is 1. The van der Waals surface area contributed by atoms with Gasteiger partial charge in [-0.05, 0) is 23.3 Å². The zero-order valence-electron chi connectivity index (χ0n) is 12.3. The molecule has 0 saturated heterocycles. The van der Waals surface area contributed by atoms with Gasteiger partial charge < -0.3 is 10.6 Å². The normalized spacial score (nSPS) is 11.4. The molecular formula is C16H20N2O2S. The first-order valence-electron chi connectivity index (χ1n) is 6.70. The van der Waals surface area contributed by atoms with Crippen LogP contribution < -0.4 is 10.6 Å². The highest BCUT2D eigenvalue weighted by Crippen LogP contribution is 2.25. The Hall–Kier alpha value is -1.85. The van der Waals surface area contributed by atoms with Gasteiger partial charge in [0.1, 0.15) is 0 Å². The number of hydrogen-bond acceptors (Lipinski definition) is 4. The molecule has 2 aromatic carbocycles. The average molecular weight is 304 g/mol. The van der Waals surface area contributed by atoms with E-state index in [2.05, 4.69) is 0 Å². The van der Waals surface area contributed by atoms with Crippen LogP contribution in [0, 0.1) is 0 Å². The summed E-state index contributed by atoms with van der Waals surface area (Å²) in [6, 6.07) is 15.0. The monoisotopic (exact) mass is 304 g/mol. The number of benzene rings is 2. The van der Waals surface area contributed by atoms with E-state index in [-0.39, 0.29) is 0 Å². The van der Waals surface area contributed by atoms with E-state index in [0.29, 0.717) is 23.7 Å². The molecule has 0 aliphatic heterocycles. The van der Waals surface area contributed by atoms with Gasteiger partial charge in [-0.1, -0.05) is 36.4 Å². The maximum atomic E-state index is 11.9. The third kappa shape index (κ3) is 3.83. The topological polar surface area (TPSA) is 63.4 Å². The molecule has 0 saturated carbocycles. The van der Waals surface area contributed by atoms with Gasteiger partial charge in [-0.25, -0.2) is 8.42 Å². The molecule has 0 spiro atoms. The summed E-state index contributed by atoms with van der Waals surface area (Å²) >= 11 is 0. The summed E-state index contributed by atoms with van der Waals surface area (Å²) in [5.74, 6) is 0. The molecule has 0 fully saturated rings. The standard InChI is InChI=1S/C16H20N2O2S/c1-18(12-14-7-5-6-13(10-14)11-17)15-8-3-4-9-16(15)21(2,19)20/h3-10H,11-12,17H2,1-2H3. The summed E-state index contributed by atoms with van der Waals surface area (Å²) in [5.41, 5.74) is 8.52. The van der Waals surface area contributed by atoms with Crippen molar-refractivity contribution >= 4 is 15.5 Å². The smallest absolute Gasteiger partial charge is 0.177 e. The van der Waals surface area contributed by atoms with E-state index in [9.17, 15) is 8.42 Å². The van der Waals surface area contributed by atoms with Gasteiger partial charge in [0.15, 0.2) is 9.84 Å². The number of nitrogens with two attached hydrogens (primary N) is 1. The van der Waals surface area contributed by atoms with Crippen LogP contribution in [0.1, 0.15) is 11.1 Å².